The molecule has 0 unspecified atom stereocenters. The van der Waals surface area contributed by atoms with Gasteiger partial charge in [-0.3, -0.25) is 9.59 Å². The van der Waals surface area contributed by atoms with Crippen LogP contribution < -0.4 is 21.7 Å². The van der Waals surface area contributed by atoms with E-state index in [9.17, 15) is 14.4 Å². The number of nitrogens with zero attached hydrogens (tertiary/aromatic N) is 6. The van der Waals surface area contributed by atoms with Crippen molar-refractivity contribution >= 4 is 35.2 Å². The number of amides is 4. The molecular formula is C27H37N9O3. The van der Waals surface area contributed by atoms with Gasteiger partial charge in [0.25, 0.3) is 5.91 Å². The number of carbonyl (C=O) groups excluding carboxylic acids is 3. The Morgan fingerprint density at radius 1 is 1.05 bits per heavy atom. The summed E-state index contributed by atoms with van der Waals surface area (Å²) < 4.78 is 0. The van der Waals surface area contributed by atoms with Crippen LogP contribution >= 0.6 is 0 Å². The van der Waals surface area contributed by atoms with Crippen LogP contribution in [0, 0.1) is 11.3 Å². The second-order valence-corrected chi connectivity index (χ2v) is 9.81. The van der Waals surface area contributed by atoms with Crippen molar-refractivity contribution in [1.82, 2.24) is 19.8 Å². The van der Waals surface area contributed by atoms with Gasteiger partial charge in [0.15, 0.2) is 11.5 Å². The van der Waals surface area contributed by atoms with Gasteiger partial charge in [0.1, 0.15) is 12.2 Å². The van der Waals surface area contributed by atoms with Crippen molar-refractivity contribution < 1.29 is 14.4 Å². The van der Waals surface area contributed by atoms with Crippen LogP contribution in [0.3, 0.4) is 0 Å². The standard InChI is InChI=1S/C24H29N7O2.C3H8N2O/c25-11-8-21(32)31-14-9-18(10-15-31)17-4-6-19(7-5-17)28-24-22(23(26)33)27-16-20(29-24)30-12-2-1-3-13-30;1-5(2)3(4)6/h4-7,16,18H,1-3,8-10,12-15H2,(H2,26,33)(H,28,29);1-2H3,(H2,4,6). The first kappa shape index (κ1) is 29.2. The Labute approximate surface area is 229 Å². The molecule has 0 radical (unpaired) electrons. The zero-order valence-corrected chi connectivity index (χ0v) is 22.6. The number of aromatic nitrogens is 2. The maximum atomic E-state index is 11.9. The topological polar surface area (TPSA) is 175 Å². The molecular weight excluding hydrogens is 498 g/mol. The normalized spacial score (nSPS) is 15.4. The van der Waals surface area contributed by atoms with Crippen molar-refractivity contribution in [2.45, 2.75) is 44.4 Å². The average molecular weight is 536 g/mol. The van der Waals surface area contributed by atoms with Gasteiger partial charge in [-0.2, -0.15) is 5.26 Å². The highest BCUT2D eigenvalue weighted by atomic mass is 16.2. The monoisotopic (exact) mass is 535 g/mol. The summed E-state index contributed by atoms with van der Waals surface area (Å²) in [6.07, 6.45) is 6.77. The van der Waals surface area contributed by atoms with Crippen molar-refractivity contribution in [3.63, 3.8) is 0 Å². The molecule has 1 aromatic heterocycles. The molecule has 2 aliphatic heterocycles. The van der Waals surface area contributed by atoms with E-state index in [1.54, 1.807) is 25.2 Å². The predicted molar refractivity (Wildman–Crippen MR) is 148 cm³/mol. The number of likely N-dealkylation sites (tertiary alicyclic amines) is 1. The number of nitrogens with two attached hydrogens (primary N) is 2. The first-order valence-corrected chi connectivity index (χ1v) is 13.1. The minimum Gasteiger partial charge on any atom is -0.364 e. The Bertz CT molecular complexity index is 1180. The van der Waals surface area contributed by atoms with Crippen molar-refractivity contribution in [3.05, 3.63) is 41.7 Å². The molecule has 0 atom stereocenters. The fourth-order valence-corrected chi connectivity index (χ4v) is 4.54. The number of piperidine rings is 2. The fourth-order valence-electron chi connectivity index (χ4n) is 4.54. The maximum absolute atomic E-state index is 11.9. The van der Waals surface area contributed by atoms with Crippen molar-refractivity contribution in [2.75, 3.05) is 50.5 Å². The van der Waals surface area contributed by atoms with E-state index in [1.165, 1.54) is 16.9 Å². The lowest BCUT2D eigenvalue weighted by molar-refractivity contribution is -0.131. The maximum Gasteiger partial charge on any atom is 0.314 e. The number of rotatable bonds is 6. The molecule has 12 nitrogen and oxygen atoms in total. The number of primary amides is 2. The third kappa shape index (κ3) is 8.29. The highest BCUT2D eigenvalue weighted by Gasteiger charge is 2.24. The van der Waals surface area contributed by atoms with E-state index in [0.29, 0.717) is 24.8 Å². The zero-order chi connectivity index (χ0) is 28.4. The number of anilines is 3. The number of hydrogen-bond donors (Lipinski definition) is 3. The Kier molecular flexibility index (Phi) is 10.4. The van der Waals surface area contributed by atoms with Crippen LogP contribution in [0.4, 0.5) is 22.1 Å². The van der Waals surface area contributed by atoms with Gasteiger partial charge in [0, 0.05) is 46.0 Å². The number of carbonyl (C=O) groups is 3. The van der Waals surface area contributed by atoms with Crippen LogP contribution in [0.2, 0.25) is 0 Å². The van der Waals surface area contributed by atoms with Crippen LogP contribution in [0.25, 0.3) is 0 Å². The van der Waals surface area contributed by atoms with Gasteiger partial charge in [-0.1, -0.05) is 12.1 Å². The molecule has 12 heteroatoms. The lowest BCUT2D eigenvalue weighted by Crippen LogP contribution is -2.37. The molecule has 4 amide bonds. The van der Waals surface area contributed by atoms with E-state index in [2.05, 4.69) is 32.3 Å². The van der Waals surface area contributed by atoms with Crippen molar-refractivity contribution in [1.29, 1.82) is 5.26 Å². The molecule has 39 heavy (non-hydrogen) atoms. The molecule has 2 saturated heterocycles. The third-order valence-corrected chi connectivity index (χ3v) is 6.84. The predicted octanol–water partition coefficient (Wildman–Crippen LogP) is 2.56. The second-order valence-electron chi connectivity index (χ2n) is 9.81. The largest absolute Gasteiger partial charge is 0.364 e. The van der Waals surface area contributed by atoms with E-state index in [1.807, 2.05) is 18.2 Å². The van der Waals surface area contributed by atoms with Gasteiger partial charge in [0.05, 0.1) is 12.3 Å². The smallest absolute Gasteiger partial charge is 0.314 e. The first-order chi connectivity index (χ1) is 18.7. The lowest BCUT2D eigenvalue weighted by atomic mass is 9.89. The van der Waals surface area contributed by atoms with Gasteiger partial charge in [-0.05, 0) is 55.7 Å². The Morgan fingerprint density at radius 3 is 2.21 bits per heavy atom. The molecule has 1 aromatic carbocycles. The molecule has 3 heterocycles. The van der Waals surface area contributed by atoms with Gasteiger partial charge in [-0.15, -0.1) is 0 Å². The van der Waals surface area contributed by atoms with E-state index in [-0.39, 0.29) is 18.0 Å². The molecule has 0 spiro atoms. The number of hydrogen-bond acceptors (Lipinski definition) is 8. The van der Waals surface area contributed by atoms with E-state index >= 15 is 0 Å². The molecule has 0 aliphatic carbocycles. The minimum atomic E-state index is -0.621. The second kappa shape index (κ2) is 13.9. The third-order valence-electron chi connectivity index (χ3n) is 6.84. The lowest BCUT2D eigenvalue weighted by Gasteiger charge is -2.32. The van der Waals surface area contributed by atoms with Crippen LogP contribution in [0.15, 0.2) is 30.5 Å². The van der Waals surface area contributed by atoms with E-state index < -0.39 is 11.9 Å². The Balaban J connectivity index is 0.000000631. The Morgan fingerprint density at radius 2 is 1.67 bits per heavy atom. The summed E-state index contributed by atoms with van der Waals surface area (Å²) >= 11 is 0. The zero-order valence-electron chi connectivity index (χ0n) is 22.6. The van der Waals surface area contributed by atoms with E-state index in [4.69, 9.17) is 16.7 Å². The highest BCUT2D eigenvalue weighted by Crippen LogP contribution is 2.30. The SMILES string of the molecule is CN(C)C(N)=O.N#CCC(=O)N1CCC(c2ccc(Nc3nc(N4CCCCC4)cnc3C(N)=O)cc2)CC1. The summed E-state index contributed by atoms with van der Waals surface area (Å²) in [5.41, 5.74) is 12.4. The van der Waals surface area contributed by atoms with Crippen molar-refractivity contribution in [2.24, 2.45) is 11.5 Å². The molecule has 2 fully saturated rings. The number of nitrogens with one attached hydrogen (secondary N) is 1. The average Bonchev–Trinajstić information content (AvgIpc) is 2.94. The quantitative estimate of drug-likeness (QED) is 0.506. The summed E-state index contributed by atoms with van der Waals surface area (Å²) in [7, 11) is 3.20. The summed E-state index contributed by atoms with van der Waals surface area (Å²) in [4.78, 5) is 47.9. The van der Waals surface area contributed by atoms with Crippen LogP contribution in [0.1, 0.15) is 60.5 Å². The molecule has 5 N–H and O–H groups in total. The number of nitriles is 1. The van der Waals surface area contributed by atoms with E-state index in [0.717, 1.165) is 50.3 Å². The Hall–Kier alpha value is -4.40. The summed E-state index contributed by atoms with van der Waals surface area (Å²) in [5.74, 6) is 0.769. The fraction of sp³-hybridized carbons (Fsp3) is 0.481. The van der Waals surface area contributed by atoms with Gasteiger partial charge < -0.3 is 31.5 Å². The number of urea groups is 1. The summed E-state index contributed by atoms with van der Waals surface area (Å²) in [6.45, 7) is 3.21. The van der Waals surface area contributed by atoms with Gasteiger partial charge in [0.2, 0.25) is 5.91 Å². The molecule has 2 aromatic rings. The highest BCUT2D eigenvalue weighted by molar-refractivity contribution is 5.96. The summed E-state index contributed by atoms with van der Waals surface area (Å²) in [5, 5.41) is 11.9. The van der Waals surface area contributed by atoms with Crippen molar-refractivity contribution in [3.8, 4) is 6.07 Å². The molecule has 0 bridgehead atoms. The van der Waals surface area contributed by atoms with Crippen LogP contribution in [0.5, 0.6) is 0 Å². The molecule has 4 rings (SSSR count). The van der Waals surface area contributed by atoms with Gasteiger partial charge >= 0.3 is 6.03 Å². The minimum absolute atomic E-state index is 0.0554. The molecule has 0 saturated carbocycles. The van der Waals surface area contributed by atoms with Crippen LogP contribution in [-0.4, -0.2) is 77.9 Å². The first-order valence-electron chi connectivity index (χ1n) is 13.1. The van der Waals surface area contributed by atoms with Crippen LogP contribution in [-0.2, 0) is 4.79 Å². The summed E-state index contributed by atoms with van der Waals surface area (Å²) in [6, 6.07) is 9.56. The molecule has 208 valence electrons. The van der Waals surface area contributed by atoms with Gasteiger partial charge in [-0.25, -0.2) is 14.8 Å². The number of benzene rings is 1. The molecule has 2 aliphatic rings.